The molecule has 0 aromatic heterocycles. The second-order valence-electron chi connectivity index (χ2n) is 4.62. The fourth-order valence-electron chi connectivity index (χ4n) is 2.35. The first-order chi connectivity index (χ1) is 9.28. The third kappa shape index (κ3) is 2.17. The molecule has 0 saturated carbocycles. The van der Waals surface area contributed by atoms with Gasteiger partial charge in [0, 0.05) is 0 Å². The lowest BCUT2D eigenvalue weighted by Gasteiger charge is -2.05. The molecule has 0 aliphatic heterocycles. The first-order valence-corrected chi connectivity index (χ1v) is 6.28. The third-order valence-electron chi connectivity index (χ3n) is 3.35. The highest BCUT2D eigenvalue weighted by molar-refractivity contribution is 6.04. The van der Waals surface area contributed by atoms with Gasteiger partial charge in [-0.1, -0.05) is 41.6 Å². The highest BCUT2D eigenvalue weighted by Gasteiger charge is 2.02. The van der Waals surface area contributed by atoms with Crippen LogP contribution in [0.2, 0.25) is 0 Å². The predicted octanol–water partition coefficient (Wildman–Crippen LogP) is 4.36. The minimum absolute atomic E-state index is 0.887. The van der Waals surface area contributed by atoms with Gasteiger partial charge in [0.2, 0.25) is 0 Å². The van der Waals surface area contributed by atoms with Gasteiger partial charge in [-0.3, -0.25) is 0 Å². The number of oxime groups is 1. The molecule has 0 heterocycles. The van der Waals surface area contributed by atoms with Crippen molar-refractivity contribution in [2.45, 2.75) is 6.92 Å². The topological polar surface area (TPSA) is 21.6 Å². The molecule has 19 heavy (non-hydrogen) atoms. The summed E-state index contributed by atoms with van der Waals surface area (Å²) in [6.45, 7) is 1.95. The molecule has 2 heteroatoms. The summed E-state index contributed by atoms with van der Waals surface area (Å²) in [4.78, 5) is 4.83. The lowest BCUT2D eigenvalue weighted by molar-refractivity contribution is 0.213. The van der Waals surface area contributed by atoms with Gasteiger partial charge in [-0.05, 0) is 52.2 Å². The van der Waals surface area contributed by atoms with Crippen LogP contribution in [0.25, 0.3) is 21.5 Å². The molecule has 0 aliphatic rings. The van der Waals surface area contributed by atoms with Crippen LogP contribution in [-0.2, 0) is 4.84 Å². The van der Waals surface area contributed by atoms with Crippen molar-refractivity contribution in [3.8, 4) is 0 Å². The Bertz CT molecular complexity index is 774. The number of fused-ring (bicyclic) bond motifs is 2. The first kappa shape index (κ1) is 11.7. The Balaban J connectivity index is 2.22. The molecule has 0 N–H and O–H groups in total. The van der Waals surface area contributed by atoms with Gasteiger partial charge >= 0.3 is 0 Å². The van der Waals surface area contributed by atoms with Crippen molar-refractivity contribution < 1.29 is 4.84 Å². The predicted molar refractivity (Wildman–Crippen MR) is 80.7 cm³/mol. The highest BCUT2D eigenvalue weighted by atomic mass is 16.6. The number of hydrogen-bond donors (Lipinski definition) is 0. The van der Waals surface area contributed by atoms with Crippen molar-refractivity contribution in [3.63, 3.8) is 0 Å². The van der Waals surface area contributed by atoms with E-state index in [1.165, 1.54) is 21.5 Å². The molecular weight excluding hydrogens is 234 g/mol. The Labute approximate surface area is 112 Å². The normalized spacial score (nSPS) is 12.0. The summed E-state index contributed by atoms with van der Waals surface area (Å²) in [6, 6.07) is 19.2. The fourth-order valence-corrected chi connectivity index (χ4v) is 2.35. The summed E-state index contributed by atoms with van der Waals surface area (Å²) in [5, 5.41) is 8.97. The highest BCUT2D eigenvalue weighted by Crippen LogP contribution is 2.23. The van der Waals surface area contributed by atoms with Crippen LogP contribution in [0, 0.1) is 0 Å². The quantitative estimate of drug-likeness (QED) is 0.375. The minimum Gasteiger partial charge on any atom is -0.399 e. The van der Waals surface area contributed by atoms with E-state index in [0.717, 1.165) is 11.3 Å². The van der Waals surface area contributed by atoms with Crippen molar-refractivity contribution in [2.75, 3.05) is 7.11 Å². The zero-order valence-corrected chi connectivity index (χ0v) is 11.1. The largest absolute Gasteiger partial charge is 0.399 e. The molecule has 0 amide bonds. The molecule has 3 aromatic rings. The molecule has 0 radical (unpaired) electrons. The van der Waals surface area contributed by atoms with Crippen LogP contribution < -0.4 is 0 Å². The van der Waals surface area contributed by atoms with Crippen LogP contribution in [-0.4, -0.2) is 12.8 Å². The second kappa shape index (κ2) is 4.73. The molecule has 3 aromatic carbocycles. The van der Waals surface area contributed by atoms with Crippen molar-refractivity contribution in [1.29, 1.82) is 0 Å². The number of benzene rings is 3. The molecular formula is C17H15NO. The van der Waals surface area contributed by atoms with E-state index in [-0.39, 0.29) is 0 Å². The lowest BCUT2D eigenvalue weighted by atomic mass is 10.0. The van der Waals surface area contributed by atoms with E-state index in [2.05, 4.69) is 59.8 Å². The van der Waals surface area contributed by atoms with Gasteiger partial charge < -0.3 is 4.84 Å². The van der Waals surface area contributed by atoms with Crippen LogP contribution in [0.15, 0.2) is 59.8 Å². The van der Waals surface area contributed by atoms with E-state index in [1.807, 2.05) is 6.92 Å². The molecule has 0 bridgehead atoms. The van der Waals surface area contributed by atoms with Crippen LogP contribution >= 0.6 is 0 Å². The third-order valence-corrected chi connectivity index (χ3v) is 3.35. The number of nitrogens with zero attached hydrogens (tertiary/aromatic N) is 1. The van der Waals surface area contributed by atoms with Crippen molar-refractivity contribution >= 4 is 27.3 Å². The summed E-state index contributed by atoms with van der Waals surface area (Å²) >= 11 is 0. The Kier molecular flexibility index (Phi) is 2.92. The molecule has 94 valence electrons. The summed E-state index contributed by atoms with van der Waals surface area (Å²) in [5.74, 6) is 0. The Morgan fingerprint density at radius 1 is 0.842 bits per heavy atom. The van der Waals surface area contributed by atoms with Gasteiger partial charge in [0.05, 0.1) is 5.71 Å². The average Bonchev–Trinajstić information content (AvgIpc) is 2.44. The zero-order chi connectivity index (χ0) is 13.2. The standard InChI is InChI=1S/C17H15NO/c1-12(18-19-2)13-7-8-16-10-14-5-3-4-6-15(14)11-17(16)9-13/h3-11H,1-2H3/b18-12-. The maximum Gasteiger partial charge on any atom is 0.106 e. The summed E-state index contributed by atoms with van der Waals surface area (Å²) in [6.07, 6.45) is 0. The zero-order valence-electron chi connectivity index (χ0n) is 11.1. The van der Waals surface area contributed by atoms with E-state index >= 15 is 0 Å². The van der Waals surface area contributed by atoms with Crippen molar-refractivity contribution in [1.82, 2.24) is 0 Å². The van der Waals surface area contributed by atoms with E-state index in [4.69, 9.17) is 4.84 Å². The van der Waals surface area contributed by atoms with Crippen molar-refractivity contribution in [2.24, 2.45) is 5.16 Å². The van der Waals surface area contributed by atoms with Crippen molar-refractivity contribution in [3.05, 3.63) is 60.2 Å². The van der Waals surface area contributed by atoms with Gasteiger partial charge in [-0.2, -0.15) is 0 Å². The molecule has 0 aliphatic carbocycles. The molecule has 0 unspecified atom stereocenters. The van der Waals surface area contributed by atoms with Gasteiger partial charge in [-0.25, -0.2) is 0 Å². The summed E-state index contributed by atoms with van der Waals surface area (Å²) in [7, 11) is 1.57. The first-order valence-electron chi connectivity index (χ1n) is 6.28. The van der Waals surface area contributed by atoms with Gasteiger partial charge in [0.15, 0.2) is 0 Å². The monoisotopic (exact) mass is 249 g/mol. The number of rotatable bonds is 2. The fraction of sp³-hybridized carbons (Fsp3) is 0.118. The minimum atomic E-state index is 0.887. The van der Waals surface area contributed by atoms with E-state index in [0.29, 0.717) is 0 Å². The Morgan fingerprint density at radius 3 is 2.16 bits per heavy atom. The molecule has 0 fully saturated rings. The SMILES string of the molecule is CO/N=C(/C)c1ccc2cc3ccccc3cc2c1. The van der Waals surface area contributed by atoms with E-state index in [1.54, 1.807) is 7.11 Å². The smallest absolute Gasteiger partial charge is 0.106 e. The van der Waals surface area contributed by atoms with Gasteiger partial charge in [-0.15, -0.1) is 0 Å². The van der Waals surface area contributed by atoms with Crippen LogP contribution in [0.4, 0.5) is 0 Å². The average molecular weight is 249 g/mol. The number of hydrogen-bond acceptors (Lipinski definition) is 2. The molecule has 0 saturated heterocycles. The molecule has 2 nitrogen and oxygen atoms in total. The van der Waals surface area contributed by atoms with Gasteiger partial charge in [0.25, 0.3) is 0 Å². The molecule has 0 spiro atoms. The lowest BCUT2D eigenvalue weighted by Crippen LogP contribution is -1.95. The summed E-state index contributed by atoms with van der Waals surface area (Å²) < 4.78 is 0. The Hall–Kier alpha value is -2.35. The second-order valence-corrected chi connectivity index (χ2v) is 4.62. The van der Waals surface area contributed by atoms with E-state index in [9.17, 15) is 0 Å². The van der Waals surface area contributed by atoms with Crippen LogP contribution in [0.1, 0.15) is 12.5 Å². The molecule has 0 atom stereocenters. The summed E-state index contributed by atoms with van der Waals surface area (Å²) in [5.41, 5.74) is 1.97. The Morgan fingerprint density at radius 2 is 1.47 bits per heavy atom. The van der Waals surface area contributed by atoms with E-state index < -0.39 is 0 Å². The van der Waals surface area contributed by atoms with Gasteiger partial charge in [0.1, 0.15) is 7.11 Å². The maximum atomic E-state index is 4.83. The van der Waals surface area contributed by atoms with Crippen LogP contribution in [0.5, 0.6) is 0 Å². The van der Waals surface area contributed by atoms with Crippen LogP contribution in [0.3, 0.4) is 0 Å². The molecule has 3 rings (SSSR count). The maximum absolute atomic E-state index is 4.83.